The fourth-order valence-electron chi connectivity index (χ4n) is 2.39. The second kappa shape index (κ2) is 7.30. The topological polar surface area (TPSA) is 69.0 Å². The Hall–Kier alpha value is -3.29. The number of para-hydroxylation sites is 2. The molecule has 134 valence electrons. The minimum absolute atomic E-state index is 0.106. The molecule has 0 aliphatic heterocycles. The van der Waals surface area contributed by atoms with Crippen molar-refractivity contribution in [1.29, 1.82) is 0 Å². The Bertz CT molecular complexity index is 942. The molecule has 3 rings (SSSR count). The number of hydrogen-bond acceptors (Lipinski definition) is 4. The van der Waals surface area contributed by atoms with E-state index in [1.165, 1.54) is 24.1 Å². The summed E-state index contributed by atoms with van der Waals surface area (Å²) in [6.45, 7) is 1.63. The first kappa shape index (κ1) is 17.5. The second-order valence-electron chi connectivity index (χ2n) is 5.57. The summed E-state index contributed by atoms with van der Waals surface area (Å²) in [5, 5.41) is 10.5. The van der Waals surface area contributed by atoms with Crippen LogP contribution in [0.25, 0.3) is 11.3 Å². The molecule has 26 heavy (non-hydrogen) atoms. The van der Waals surface area contributed by atoms with Gasteiger partial charge >= 0.3 is 0 Å². The number of ether oxygens (including phenoxy) is 1. The number of aromatic nitrogens is 3. The van der Waals surface area contributed by atoms with Crippen molar-refractivity contribution in [3.63, 3.8) is 0 Å². The van der Waals surface area contributed by atoms with Crippen molar-refractivity contribution in [1.82, 2.24) is 15.0 Å². The van der Waals surface area contributed by atoms with Crippen molar-refractivity contribution in [3.8, 4) is 17.0 Å². The van der Waals surface area contributed by atoms with Crippen molar-refractivity contribution in [2.45, 2.75) is 13.0 Å². The molecule has 0 bridgehead atoms. The lowest BCUT2D eigenvalue weighted by atomic mass is 10.1. The van der Waals surface area contributed by atoms with E-state index in [0.29, 0.717) is 11.4 Å². The smallest absolute Gasteiger partial charge is 0.249 e. The van der Waals surface area contributed by atoms with Crippen molar-refractivity contribution in [3.05, 3.63) is 60.3 Å². The Morgan fingerprint density at radius 3 is 2.73 bits per heavy atom. The molecule has 0 saturated heterocycles. The maximum absolute atomic E-state index is 13.9. The Morgan fingerprint density at radius 1 is 1.23 bits per heavy atom. The van der Waals surface area contributed by atoms with Gasteiger partial charge in [0.1, 0.15) is 29.1 Å². The number of methoxy groups -OCH3 is 1. The average molecular weight is 358 g/mol. The number of rotatable bonds is 5. The molecule has 0 aliphatic rings. The molecule has 0 aliphatic carbocycles. The van der Waals surface area contributed by atoms with E-state index < -0.39 is 17.7 Å². The largest absolute Gasteiger partial charge is 0.495 e. The lowest BCUT2D eigenvalue weighted by Gasteiger charge is -2.14. The summed E-state index contributed by atoms with van der Waals surface area (Å²) in [5.41, 5.74) is 0.839. The number of amides is 1. The molecule has 0 saturated carbocycles. The Morgan fingerprint density at radius 2 is 2.00 bits per heavy atom. The number of carbonyl (C=O) groups excluding carboxylic acids is 1. The molecule has 1 heterocycles. The Balaban J connectivity index is 1.79. The van der Waals surface area contributed by atoms with E-state index in [0.717, 1.165) is 12.1 Å². The first-order valence-electron chi connectivity index (χ1n) is 7.80. The summed E-state index contributed by atoms with van der Waals surface area (Å²) in [6, 6.07) is 9.48. The van der Waals surface area contributed by atoms with Crippen LogP contribution < -0.4 is 10.1 Å². The quantitative estimate of drug-likeness (QED) is 0.759. The number of carbonyl (C=O) groups is 1. The fourth-order valence-corrected chi connectivity index (χ4v) is 2.39. The van der Waals surface area contributed by atoms with Gasteiger partial charge in [0, 0.05) is 11.6 Å². The van der Waals surface area contributed by atoms with Crippen LogP contribution in [0.3, 0.4) is 0 Å². The number of benzene rings is 2. The third-order valence-electron chi connectivity index (χ3n) is 3.86. The van der Waals surface area contributed by atoms with Crippen LogP contribution in [0, 0.1) is 11.6 Å². The maximum atomic E-state index is 13.9. The minimum atomic E-state index is -0.747. The Labute approximate surface area is 148 Å². The van der Waals surface area contributed by atoms with Gasteiger partial charge in [0.2, 0.25) is 5.91 Å². The summed E-state index contributed by atoms with van der Waals surface area (Å²) < 4.78 is 33.4. The van der Waals surface area contributed by atoms with Gasteiger partial charge in [-0.1, -0.05) is 17.3 Å². The number of nitrogens with one attached hydrogen (secondary N) is 1. The number of nitrogens with zero attached hydrogens (tertiary/aromatic N) is 3. The molecule has 6 nitrogen and oxygen atoms in total. The van der Waals surface area contributed by atoms with Gasteiger partial charge in [0.15, 0.2) is 0 Å². The zero-order chi connectivity index (χ0) is 18.7. The highest BCUT2D eigenvalue weighted by Gasteiger charge is 2.19. The standard InChI is InChI=1S/C18H16F2N4O2/c1-11(18(25)21-15-5-3-4-6-17(15)26-2)24-10-16(22-23-24)13-8-7-12(19)9-14(13)20/h3-11H,1-2H3,(H,21,25). The molecule has 1 unspecified atom stereocenters. The van der Waals surface area contributed by atoms with Crippen molar-refractivity contribution < 1.29 is 18.3 Å². The highest BCUT2D eigenvalue weighted by molar-refractivity contribution is 5.94. The van der Waals surface area contributed by atoms with Crippen LogP contribution in [-0.2, 0) is 4.79 Å². The molecule has 1 aromatic heterocycles. The van der Waals surface area contributed by atoms with E-state index >= 15 is 0 Å². The van der Waals surface area contributed by atoms with Gasteiger partial charge in [-0.05, 0) is 31.2 Å². The number of anilines is 1. The predicted molar refractivity (Wildman–Crippen MR) is 91.7 cm³/mol. The molecule has 1 atom stereocenters. The van der Waals surface area contributed by atoms with Crippen LogP contribution in [-0.4, -0.2) is 28.0 Å². The fraction of sp³-hybridized carbons (Fsp3) is 0.167. The predicted octanol–water partition coefficient (Wildman–Crippen LogP) is 3.43. The molecule has 3 aromatic rings. The molecule has 8 heteroatoms. The normalized spacial score (nSPS) is 11.8. The summed E-state index contributed by atoms with van der Waals surface area (Å²) in [6.07, 6.45) is 1.43. The zero-order valence-electron chi connectivity index (χ0n) is 14.1. The van der Waals surface area contributed by atoms with E-state index in [-0.39, 0.29) is 17.2 Å². The number of halogens is 2. The summed E-state index contributed by atoms with van der Waals surface area (Å²) >= 11 is 0. The van der Waals surface area contributed by atoms with Crippen LogP contribution in [0.5, 0.6) is 5.75 Å². The van der Waals surface area contributed by atoms with E-state index in [1.807, 2.05) is 0 Å². The van der Waals surface area contributed by atoms with E-state index in [4.69, 9.17) is 4.74 Å². The van der Waals surface area contributed by atoms with E-state index in [2.05, 4.69) is 15.6 Å². The van der Waals surface area contributed by atoms with Gasteiger partial charge in [0.05, 0.1) is 19.0 Å². The van der Waals surface area contributed by atoms with Crippen LogP contribution >= 0.6 is 0 Å². The van der Waals surface area contributed by atoms with Crippen LogP contribution in [0.2, 0.25) is 0 Å². The molecule has 1 N–H and O–H groups in total. The maximum Gasteiger partial charge on any atom is 0.249 e. The highest BCUT2D eigenvalue weighted by atomic mass is 19.1. The first-order valence-corrected chi connectivity index (χ1v) is 7.80. The zero-order valence-corrected chi connectivity index (χ0v) is 14.1. The van der Waals surface area contributed by atoms with E-state index in [1.54, 1.807) is 31.2 Å². The van der Waals surface area contributed by atoms with Crippen LogP contribution in [0.1, 0.15) is 13.0 Å². The lowest BCUT2D eigenvalue weighted by Crippen LogP contribution is -2.24. The van der Waals surface area contributed by atoms with Crippen LogP contribution in [0.4, 0.5) is 14.5 Å². The number of hydrogen-bond donors (Lipinski definition) is 1. The van der Waals surface area contributed by atoms with Gasteiger partial charge in [-0.3, -0.25) is 4.79 Å². The second-order valence-corrected chi connectivity index (χ2v) is 5.57. The molecule has 1 amide bonds. The molecular formula is C18H16F2N4O2. The highest BCUT2D eigenvalue weighted by Crippen LogP contribution is 2.25. The van der Waals surface area contributed by atoms with Gasteiger partial charge in [-0.15, -0.1) is 5.10 Å². The molecule has 0 spiro atoms. The van der Waals surface area contributed by atoms with Crippen molar-refractivity contribution in [2.24, 2.45) is 0 Å². The minimum Gasteiger partial charge on any atom is -0.495 e. The summed E-state index contributed by atoms with van der Waals surface area (Å²) in [5.74, 6) is -1.24. The SMILES string of the molecule is COc1ccccc1NC(=O)C(C)n1cc(-c2ccc(F)cc2F)nn1. The Kier molecular flexibility index (Phi) is 4.92. The van der Waals surface area contributed by atoms with E-state index in [9.17, 15) is 13.6 Å². The van der Waals surface area contributed by atoms with Gasteiger partial charge < -0.3 is 10.1 Å². The summed E-state index contributed by atoms with van der Waals surface area (Å²) in [4.78, 5) is 12.5. The molecule has 0 radical (unpaired) electrons. The van der Waals surface area contributed by atoms with Crippen LogP contribution in [0.15, 0.2) is 48.7 Å². The third kappa shape index (κ3) is 3.53. The monoisotopic (exact) mass is 358 g/mol. The molecule has 0 fully saturated rings. The van der Waals surface area contributed by atoms with Gasteiger partial charge in [-0.25, -0.2) is 13.5 Å². The lowest BCUT2D eigenvalue weighted by molar-refractivity contribution is -0.119. The molecular weight excluding hydrogens is 342 g/mol. The third-order valence-corrected chi connectivity index (χ3v) is 3.86. The first-order chi connectivity index (χ1) is 12.5. The van der Waals surface area contributed by atoms with Gasteiger partial charge in [-0.2, -0.15) is 0 Å². The van der Waals surface area contributed by atoms with Gasteiger partial charge in [0.25, 0.3) is 0 Å². The van der Waals surface area contributed by atoms with Crippen molar-refractivity contribution in [2.75, 3.05) is 12.4 Å². The molecule has 2 aromatic carbocycles. The van der Waals surface area contributed by atoms with Crippen molar-refractivity contribution >= 4 is 11.6 Å². The average Bonchev–Trinajstić information content (AvgIpc) is 3.11. The summed E-state index contributed by atoms with van der Waals surface area (Å²) in [7, 11) is 1.51.